The molecule has 1 atom stereocenters. The summed E-state index contributed by atoms with van der Waals surface area (Å²) in [5.74, 6) is 5.72. The SMILES string of the molecule is Cc1ccc(C(=O)Nc2cc(N3CC[C@H](N(C)C)C3)cc(C(F)(F)F)c2)cc1N(N)/C=C(\N)c1cnn(C)c1C. The maximum Gasteiger partial charge on any atom is 0.416 e. The number of benzene rings is 2. The zero-order valence-electron chi connectivity index (χ0n) is 23.3. The topological polar surface area (TPSA) is 109 Å². The Morgan fingerprint density at radius 3 is 2.50 bits per heavy atom. The van der Waals surface area contributed by atoms with Crippen molar-refractivity contribution in [1.29, 1.82) is 0 Å². The molecule has 1 aliphatic rings. The second-order valence-corrected chi connectivity index (χ2v) is 10.3. The molecule has 0 radical (unpaired) electrons. The van der Waals surface area contributed by atoms with E-state index in [1.54, 1.807) is 42.2 Å². The molecule has 12 heteroatoms. The van der Waals surface area contributed by atoms with Gasteiger partial charge in [0.05, 0.1) is 23.1 Å². The fourth-order valence-electron chi connectivity index (χ4n) is 4.73. The fraction of sp³-hybridized carbons (Fsp3) is 0.357. The maximum absolute atomic E-state index is 13.8. The summed E-state index contributed by atoms with van der Waals surface area (Å²) in [7, 11) is 5.71. The first-order valence-corrected chi connectivity index (χ1v) is 12.8. The lowest BCUT2D eigenvalue weighted by Crippen LogP contribution is -2.31. The number of amides is 1. The Bertz CT molecular complexity index is 1430. The van der Waals surface area contributed by atoms with Gasteiger partial charge in [-0.3, -0.25) is 14.5 Å². The number of carbonyl (C=O) groups is 1. The summed E-state index contributed by atoms with van der Waals surface area (Å²) in [5, 5.41) is 8.14. The molecule has 0 bridgehead atoms. The lowest BCUT2D eigenvalue weighted by atomic mass is 10.1. The number of anilines is 3. The van der Waals surface area contributed by atoms with Gasteiger partial charge in [0.1, 0.15) is 0 Å². The lowest BCUT2D eigenvalue weighted by Gasteiger charge is -2.23. The van der Waals surface area contributed by atoms with Gasteiger partial charge in [0.2, 0.25) is 0 Å². The Kier molecular flexibility index (Phi) is 8.13. The van der Waals surface area contributed by atoms with E-state index in [4.69, 9.17) is 11.6 Å². The number of rotatable bonds is 7. The number of hydrogen-bond donors (Lipinski definition) is 3. The van der Waals surface area contributed by atoms with Gasteiger partial charge in [-0.05, 0) is 70.3 Å². The van der Waals surface area contributed by atoms with Crippen LogP contribution in [0.25, 0.3) is 5.70 Å². The molecule has 2 aromatic carbocycles. The minimum atomic E-state index is -4.56. The first-order valence-electron chi connectivity index (χ1n) is 12.8. The van der Waals surface area contributed by atoms with Gasteiger partial charge in [0.15, 0.2) is 0 Å². The van der Waals surface area contributed by atoms with Gasteiger partial charge in [0.25, 0.3) is 5.91 Å². The molecule has 0 aliphatic carbocycles. The van der Waals surface area contributed by atoms with Crippen LogP contribution in [-0.4, -0.2) is 53.8 Å². The highest BCUT2D eigenvalue weighted by Crippen LogP contribution is 2.36. The average molecular weight is 557 g/mol. The Balaban J connectivity index is 1.59. The van der Waals surface area contributed by atoms with Crippen molar-refractivity contribution >= 4 is 28.7 Å². The smallest absolute Gasteiger partial charge is 0.397 e. The van der Waals surface area contributed by atoms with Crippen molar-refractivity contribution in [2.45, 2.75) is 32.5 Å². The van der Waals surface area contributed by atoms with Crippen molar-refractivity contribution in [3.05, 3.63) is 76.7 Å². The van der Waals surface area contributed by atoms with Crippen LogP contribution >= 0.6 is 0 Å². The highest BCUT2D eigenvalue weighted by atomic mass is 19.4. The molecule has 1 fully saturated rings. The van der Waals surface area contributed by atoms with Crippen LogP contribution in [0.1, 0.15) is 39.2 Å². The van der Waals surface area contributed by atoms with E-state index in [0.29, 0.717) is 30.2 Å². The number of aromatic nitrogens is 2. The van der Waals surface area contributed by atoms with E-state index in [1.807, 2.05) is 32.8 Å². The van der Waals surface area contributed by atoms with Crippen molar-refractivity contribution in [1.82, 2.24) is 14.7 Å². The Labute approximate surface area is 231 Å². The Hall–Kier alpha value is -4.03. The molecule has 0 spiro atoms. The van der Waals surface area contributed by atoms with E-state index in [-0.39, 0.29) is 17.3 Å². The monoisotopic (exact) mass is 556 g/mol. The fourth-order valence-corrected chi connectivity index (χ4v) is 4.73. The van der Waals surface area contributed by atoms with E-state index >= 15 is 0 Å². The van der Waals surface area contributed by atoms with E-state index in [9.17, 15) is 18.0 Å². The van der Waals surface area contributed by atoms with Gasteiger partial charge in [0, 0.05) is 60.6 Å². The predicted molar refractivity (Wildman–Crippen MR) is 152 cm³/mol. The quantitative estimate of drug-likeness (QED) is 0.297. The molecule has 0 unspecified atom stereocenters. The van der Waals surface area contributed by atoms with Crippen molar-refractivity contribution < 1.29 is 18.0 Å². The molecular formula is C28H35F3N8O. The summed E-state index contributed by atoms with van der Waals surface area (Å²) in [4.78, 5) is 17.2. The third kappa shape index (κ3) is 6.23. The first kappa shape index (κ1) is 29.0. The molecule has 0 saturated carbocycles. The number of likely N-dealkylation sites (N-methyl/N-ethyl adjacent to an activating group) is 1. The molecule has 1 amide bonds. The molecule has 1 aliphatic heterocycles. The minimum Gasteiger partial charge on any atom is -0.397 e. The first-order chi connectivity index (χ1) is 18.7. The summed E-state index contributed by atoms with van der Waals surface area (Å²) in [6, 6.07) is 8.78. The number of aryl methyl sites for hydroxylation is 2. The number of hydrogen-bond acceptors (Lipinski definition) is 7. The zero-order chi connectivity index (χ0) is 29.4. The van der Waals surface area contributed by atoms with Crippen LogP contribution in [0.5, 0.6) is 0 Å². The molecule has 4 rings (SSSR count). The van der Waals surface area contributed by atoms with E-state index < -0.39 is 17.6 Å². The zero-order valence-corrected chi connectivity index (χ0v) is 23.3. The molecule has 1 saturated heterocycles. The molecule has 2 heterocycles. The maximum atomic E-state index is 13.8. The third-order valence-electron chi connectivity index (χ3n) is 7.34. The van der Waals surface area contributed by atoms with Crippen LogP contribution in [0, 0.1) is 13.8 Å². The number of nitrogens with two attached hydrogens (primary N) is 2. The number of alkyl halides is 3. The summed E-state index contributed by atoms with van der Waals surface area (Å²) >= 11 is 0. The van der Waals surface area contributed by atoms with Crippen LogP contribution in [0.3, 0.4) is 0 Å². The molecule has 3 aromatic rings. The second-order valence-electron chi connectivity index (χ2n) is 10.3. The van der Waals surface area contributed by atoms with Crippen molar-refractivity contribution in [2.75, 3.05) is 42.4 Å². The largest absolute Gasteiger partial charge is 0.416 e. The summed E-state index contributed by atoms with van der Waals surface area (Å²) in [5.41, 5.74) is 9.38. The van der Waals surface area contributed by atoms with E-state index in [1.165, 1.54) is 11.2 Å². The van der Waals surface area contributed by atoms with Gasteiger partial charge < -0.3 is 20.9 Å². The third-order valence-corrected chi connectivity index (χ3v) is 7.34. The standard InChI is InChI=1S/C28H35F3N8O/c1-17-6-7-19(10-26(17)39(33)16-25(32)24-14-34-37(5)18(24)2)27(40)35-21-11-20(28(29,30)31)12-23(13-21)38-9-8-22(15-38)36(3)4/h6-7,10-14,16,22H,8-9,15,32-33H2,1-5H3,(H,35,40)/b25-16-/t22-/m0/s1. The van der Waals surface area contributed by atoms with Gasteiger partial charge >= 0.3 is 6.18 Å². The van der Waals surface area contributed by atoms with E-state index in [0.717, 1.165) is 35.4 Å². The van der Waals surface area contributed by atoms with Gasteiger partial charge in [-0.2, -0.15) is 18.3 Å². The molecule has 1 aromatic heterocycles. The average Bonchev–Trinajstić information content (AvgIpc) is 3.51. The van der Waals surface area contributed by atoms with Crippen molar-refractivity contribution in [2.24, 2.45) is 18.6 Å². The Morgan fingerprint density at radius 2 is 1.90 bits per heavy atom. The molecular weight excluding hydrogens is 521 g/mol. The number of hydrazine groups is 1. The van der Waals surface area contributed by atoms with Gasteiger partial charge in [-0.1, -0.05) is 6.07 Å². The van der Waals surface area contributed by atoms with Crippen LogP contribution < -0.4 is 26.8 Å². The minimum absolute atomic E-state index is 0.0612. The van der Waals surface area contributed by atoms with Gasteiger partial charge in [-0.15, -0.1) is 0 Å². The molecule has 214 valence electrons. The van der Waals surface area contributed by atoms with Crippen LogP contribution in [0.2, 0.25) is 0 Å². The van der Waals surface area contributed by atoms with Crippen LogP contribution in [-0.2, 0) is 13.2 Å². The van der Waals surface area contributed by atoms with Crippen LogP contribution in [0.4, 0.5) is 30.2 Å². The predicted octanol–water partition coefficient (Wildman–Crippen LogP) is 4.09. The molecule has 5 N–H and O–H groups in total. The van der Waals surface area contributed by atoms with Crippen molar-refractivity contribution in [3.63, 3.8) is 0 Å². The highest BCUT2D eigenvalue weighted by molar-refractivity contribution is 6.05. The summed E-state index contributed by atoms with van der Waals surface area (Å²) in [6.07, 6.45) is -0.555. The number of nitrogens with one attached hydrogen (secondary N) is 1. The molecule has 40 heavy (non-hydrogen) atoms. The normalized spacial score (nSPS) is 16.1. The lowest BCUT2D eigenvalue weighted by molar-refractivity contribution is -0.137. The molecule has 9 nitrogen and oxygen atoms in total. The summed E-state index contributed by atoms with van der Waals surface area (Å²) in [6.45, 7) is 4.93. The highest BCUT2D eigenvalue weighted by Gasteiger charge is 2.33. The van der Waals surface area contributed by atoms with E-state index in [2.05, 4.69) is 15.3 Å². The Morgan fingerprint density at radius 1 is 1.18 bits per heavy atom. The number of carbonyl (C=O) groups excluding carboxylic acids is 1. The number of nitrogens with zero attached hydrogens (tertiary/aromatic N) is 5. The van der Waals surface area contributed by atoms with Gasteiger partial charge in [-0.25, -0.2) is 5.84 Å². The second kappa shape index (κ2) is 11.2. The van der Waals surface area contributed by atoms with Crippen molar-refractivity contribution in [3.8, 4) is 0 Å². The van der Waals surface area contributed by atoms with Crippen LogP contribution in [0.15, 0.2) is 48.8 Å². The number of halogens is 3. The summed E-state index contributed by atoms with van der Waals surface area (Å²) < 4.78 is 43.0.